The molecule has 3 aromatic carbocycles. The molecular formula is C25H15BrFNO5. The number of carbonyl (C=O) groups is 2. The van der Waals surface area contributed by atoms with Gasteiger partial charge in [0, 0.05) is 10.2 Å². The summed E-state index contributed by atoms with van der Waals surface area (Å²) < 4.78 is 25.3. The van der Waals surface area contributed by atoms with Gasteiger partial charge in [0.05, 0.1) is 29.7 Å². The number of hydrogen-bond acceptors (Lipinski definition) is 5. The highest BCUT2D eigenvalue weighted by Gasteiger charge is 2.43. The molecule has 0 spiro atoms. The Labute approximate surface area is 195 Å². The molecule has 2 heterocycles. The van der Waals surface area contributed by atoms with Gasteiger partial charge < -0.3 is 9.15 Å². The lowest BCUT2D eigenvalue weighted by Gasteiger charge is -2.25. The van der Waals surface area contributed by atoms with Gasteiger partial charge >= 0.3 is 5.97 Å². The second kappa shape index (κ2) is 7.97. The number of methoxy groups -OCH3 is 1. The minimum atomic E-state index is -0.829. The zero-order valence-corrected chi connectivity index (χ0v) is 18.8. The maximum Gasteiger partial charge on any atom is 0.337 e. The Morgan fingerprint density at radius 3 is 2.39 bits per heavy atom. The van der Waals surface area contributed by atoms with Gasteiger partial charge in [0.2, 0.25) is 5.76 Å². The highest BCUT2D eigenvalue weighted by Crippen LogP contribution is 2.41. The summed E-state index contributed by atoms with van der Waals surface area (Å²) in [7, 11) is 1.28. The van der Waals surface area contributed by atoms with Gasteiger partial charge in [-0.1, -0.05) is 28.1 Å². The first kappa shape index (κ1) is 21.1. The van der Waals surface area contributed by atoms with Crippen LogP contribution in [0.2, 0.25) is 0 Å². The second-order valence-electron chi connectivity index (χ2n) is 7.48. The molecule has 0 fully saturated rings. The van der Waals surface area contributed by atoms with Crippen LogP contribution in [0.4, 0.5) is 10.1 Å². The molecule has 5 rings (SSSR count). The van der Waals surface area contributed by atoms with Crippen LogP contribution in [0.15, 0.2) is 80.4 Å². The van der Waals surface area contributed by atoms with Crippen molar-refractivity contribution in [3.8, 4) is 0 Å². The molecule has 1 amide bonds. The second-order valence-corrected chi connectivity index (χ2v) is 8.40. The summed E-state index contributed by atoms with van der Waals surface area (Å²) in [5.74, 6) is -1.67. The lowest BCUT2D eigenvalue weighted by atomic mass is 9.97. The largest absolute Gasteiger partial charge is 0.465 e. The molecule has 1 aliphatic rings. The number of rotatable bonds is 3. The summed E-state index contributed by atoms with van der Waals surface area (Å²) in [6.45, 7) is 0. The Morgan fingerprint density at radius 1 is 1.03 bits per heavy atom. The number of ether oxygens (including phenoxy) is 1. The van der Waals surface area contributed by atoms with Gasteiger partial charge in [0.15, 0.2) is 5.43 Å². The number of carbonyl (C=O) groups excluding carboxylic acids is 2. The molecule has 0 aliphatic carbocycles. The fraction of sp³-hybridized carbons (Fsp3) is 0.0800. The molecule has 6 nitrogen and oxygen atoms in total. The van der Waals surface area contributed by atoms with Crippen LogP contribution in [0.5, 0.6) is 0 Å². The Bertz CT molecular complexity index is 1480. The van der Waals surface area contributed by atoms with E-state index in [0.29, 0.717) is 16.8 Å². The first-order valence-corrected chi connectivity index (χ1v) is 10.7. The summed E-state index contributed by atoms with van der Waals surface area (Å²) in [5.41, 5.74) is 1.22. The Morgan fingerprint density at radius 2 is 1.73 bits per heavy atom. The van der Waals surface area contributed by atoms with Gasteiger partial charge in [-0.3, -0.25) is 14.5 Å². The zero-order valence-electron chi connectivity index (χ0n) is 17.2. The van der Waals surface area contributed by atoms with Crippen molar-refractivity contribution in [2.75, 3.05) is 12.0 Å². The molecule has 1 aliphatic heterocycles. The van der Waals surface area contributed by atoms with Crippen molar-refractivity contribution < 1.29 is 23.1 Å². The van der Waals surface area contributed by atoms with E-state index >= 15 is 0 Å². The Balaban J connectivity index is 1.76. The molecule has 0 N–H and O–H groups in total. The fourth-order valence-corrected chi connectivity index (χ4v) is 4.31. The third-order valence-electron chi connectivity index (χ3n) is 5.58. The van der Waals surface area contributed by atoms with Gasteiger partial charge in [-0.25, -0.2) is 9.18 Å². The van der Waals surface area contributed by atoms with Crippen molar-refractivity contribution in [1.82, 2.24) is 0 Å². The van der Waals surface area contributed by atoms with Crippen LogP contribution >= 0.6 is 15.9 Å². The van der Waals surface area contributed by atoms with Crippen molar-refractivity contribution in [1.29, 1.82) is 0 Å². The molecular weight excluding hydrogens is 493 g/mol. The SMILES string of the molecule is COC(=O)c1ccc(C2c3c(oc4ccc(F)cc4c3=O)C(=O)N2c2ccc(Br)cc2)cc1. The average Bonchev–Trinajstić information content (AvgIpc) is 3.12. The van der Waals surface area contributed by atoms with Gasteiger partial charge in [-0.15, -0.1) is 0 Å². The number of esters is 1. The van der Waals surface area contributed by atoms with E-state index in [9.17, 15) is 18.8 Å². The minimum Gasteiger partial charge on any atom is -0.465 e. The highest BCUT2D eigenvalue weighted by molar-refractivity contribution is 9.10. The smallest absolute Gasteiger partial charge is 0.337 e. The van der Waals surface area contributed by atoms with E-state index < -0.39 is 29.2 Å². The summed E-state index contributed by atoms with van der Waals surface area (Å²) in [6, 6.07) is 16.3. The predicted molar refractivity (Wildman–Crippen MR) is 123 cm³/mol. The van der Waals surface area contributed by atoms with Crippen molar-refractivity contribution in [2.24, 2.45) is 0 Å². The first-order chi connectivity index (χ1) is 15.9. The van der Waals surface area contributed by atoms with Crippen molar-refractivity contribution >= 4 is 44.5 Å². The third kappa shape index (κ3) is 3.43. The van der Waals surface area contributed by atoms with Crippen LogP contribution in [-0.2, 0) is 4.74 Å². The predicted octanol–water partition coefficient (Wildman–Crippen LogP) is 5.23. The normalized spacial score (nSPS) is 15.1. The number of anilines is 1. The zero-order chi connectivity index (χ0) is 23.3. The van der Waals surface area contributed by atoms with E-state index in [1.807, 2.05) is 0 Å². The standard InChI is InChI=1S/C25H15BrFNO5/c1-32-25(31)14-4-2-13(3-5-14)21-20-22(29)18-12-16(27)8-11-19(18)33-23(20)24(30)28(21)17-9-6-15(26)7-10-17/h2-12,21H,1H3. The summed E-state index contributed by atoms with van der Waals surface area (Å²) >= 11 is 3.38. The number of nitrogens with zero attached hydrogens (tertiary/aromatic N) is 1. The highest BCUT2D eigenvalue weighted by atomic mass is 79.9. The number of benzene rings is 3. The topological polar surface area (TPSA) is 76.8 Å². The van der Waals surface area contributed by atoms with E-state index in [2.05, 4.69) is 15.9 Å². The maximum absolute atomic E-state index is 13.9. The van der Waals surface area contributed by atoms with E-state index in [4.69, 9.17) is 9.15 Å². The monoisotopic (exact) mass is 507 g/mol. The van der Waals surface area contributed by atoms with Crippen molar-refractivity contribution in [3.63, 3.8) is 0 Å². The Kier molecular flexibility index (Phi) is 5.09. The average molecular weight is 508 g/mol. The minimum absolute atomic E-state index is 0.0513. The van der Waals surface area contributed by atoms with E-state index in [1.54, 1.807) is 48.5 Å². The number of hydrogen-bond donors (Lipinski definition) is 0. The van der Waals surface area contributed by atoms with Gasteiger partial charge in [0.25, 0.3) is 5.91 Å². The van der Waals surface area contributed by atoms with E-state index in [-0.39, 0.29) is 22.3 Å². The number of amides is 1. The van der Waals surface area contributed by atoms with Crippen LogP contribution in [0.25, 0.3) is 11.0 Å². The molecule has 1 aromatic heterocycles. The molecule has 8 heteroatoms. The van der Waals surface area contributed by atoms with Gasteiger partial charge in [-0.2, -0.15) is 0 Å². The third-order valence-corrected chi connectivity index (χ3v) is 6.11. The Hall–Kier alpha value is -3.78. The molecule has 0 bridgehead atoms. The van der Waals surface area contributed by atoms with Crippen LogP contribution in [0, 0.1) is 5.82 Å². The molecule has 1 unspecified atom stereocenters. The molecule has 1 atom stereocenters. The van der Waals surface area contributed by atoms with Crippen LogP contribution in [0.3, 0.4) is 0 Å². The van der Waals surface area contributed by atoms with Crippen LogP contribution in [0.1, 0.15) is 38.1 Å². The van der Waals surface area contributed by atoms with Crippen LogP contribution in [-0.4, -0.2) is 19.0 Å². The maximum atomic E-state index is 13.9. The molecule has 0 radical (unpaired) electrons. The van der Waals surface area contributed by atoms with Crippen molar-refractivity contribution in [3.05, 3.63) is 110 Å². The molecule has 0 saturated heterocycles. The summed E-state index contributed by atoms with van der Waals surface area (Å²) in [5, 5.41) is 0.0513. The van der Waals surface area contributed by atoms with E-state index in [1.165, 1.54) is 24.1 Å². The summed E-state index contributed by atoms with van der Waals surface area (Å²) in [6.07, 6.45) is 0. The quantitative estimate of drug-likeness (QED) is 0.355. The molecule has 4 aromatic rings. The molecule has 0 saturated carbocycles. The molecule has 164 valence electrons. The number of halogens is 2. The lowest BCUT2D eigenvalue weighted by molar-refractivity contribution is 0.0600. The van der Waals surface area contributed by atoms with Crippen molar-refractivity contribution in [2.45, 2.75) is 6.04 Å². The van der Waals surface area contributed by atoms with Gasteiger partial charge in [0.1, 0.15) is 11.4 Å². The van der Waals surface area contributed by atoms with E-state index in [0.717, 1.165) is 10.5 Å². The number of fused-ring (bicyclic) bond motifs is 2. The summed E-state index contributed by atoms with van der Waals surface area (Å²) in [4.78, 5) is 40.3. The van der Waals surface area contributed by atoms with Gasteiger partial charge in [-0.05, 0) is 60.2 Å². The van der Waals surface area contributed by atoms with Crippen LogP contribution < -0.4 is 10.3 Å². The first-order valence-electron chi connectivity index (χ1n) is 9.92. The lowest BCUT2D eigenvalue weighted by Crippen LogP contribution is -2.29. The molecule has 33 heavy (non-hydrogen) atoms. The fourth-order valence-electron chi connectivity index (χ4n) is 4.05.